The van der Waals surface area contributed by atoms with E-state index in [2.05, 4.69) is 5.92 Å². The fourth-order valence-electron chi connectivity index (χ4n) is 1.80. The van der Waals surface area contributed by atoms with Gasteiger partial charge in [-0.25, -0.2) is 9.36 Å². The van der Waals surface area contributed by atoms with Crippen molar-refractivity contribution in [1.29, 1.82) is 0 Å². The van der Waals surface area contributed by atoms with Crippen LogP contribution < -0.4 is 11.2 Å². The Morgan fingerprint density at radius 2 is 2.10 bits per heavy atom. The standard InChI is InChI=1S/C13H18N2O5/c1-3-5-14-12(18)10(2)9-15(13(14)19)11(4-6-16)20-8-7-17/h1,9,11,16-17H,4-8H2,2H3. The SMILES string of the molecule is C#CCn1c(=O)c(C)cn(C(CCO)OCCO)c1=O. The third-order valence-corrected chi connectivity index (χ3v) is 2.70. The van der Waals surface area contributed by atoms with Crippen LogP contribution in [0.15, 0.2) is 15.8 Å². The normalized spacial score (nSPS) is 12.1. The van der Waals surface area contributed by atoms with Crippen LogP contribution >= 0.6 is 0 Å². The molecule has 2 N–H and O–H groups in total. The van der Waals surface area contributed by atoms with Gasteiger partial charge in [0.05, 0.1) is 19.8 Å². The average molecular weight is 282 g/mol. The Morgan fingerprint density at radius 3 is 2.65 bits per heavy atom. The van der Waals surface area contributed by atoms with Gasteiger partial charge in [0.1, 0.15) is 6.23 Å². The van der Waals surface area contributed by atoms with Crippen LogP contribution in [0.4, 0.5) is 0 Å². The van der Waals surface area contributed by atoms with Gasteiger partial charge in [-0.2, -0.15) is 0 Å². The largest absolute Gasteiger partial charge is 0.396 e. The van der Waals surface area contributed by atoms with Gasteiger partial charge in [0.15, 0.2) is 0 Å². The van der Waals surface area contributed by atoms with Crippen LogP contribution in [0.3, 0.4) is 0 Å². The molecule has 1 aromatic rings. The molecule has 0 spiro atoms. The van der Waals surface area contributed by atoms with Crippen molar-refractivity contribution < 1.29 is 14.9 Å². The third kappa shape index (κ3) is 3.57. The summed E-state index contributed by atoms with van der Waals surface area (Å²) >= 11 is 0. The second-order valence-corrected chi connectivity index (χ2v) is 4.16. The fraction of sp³-hybridized carbons (Fsp3) is 0.538. The maximum absolute atomic E-state index is 12.2. The number of ether oxygens (including phenoxy) is 1. The number of nitrogens with zero attached hydrogens (tertiary/aromatic N) is 2. The third-order valence-electron chi connectivity index (χ3n) is 2.70. The van der Waals surface area contributed by atoms with E-state index in [-0.39, 0.29) is 32.8 Å². The number of terminal acetylenes is 1. The number of aromatic nitrogens is 2. The van der Waals surface area contributed by atoms with Gasteiger partial charge in [-0.3, -0.25) is 9.36 Å². The minimum atomic E-state index is -0.761. The zero-order valence-electron chi connectivity index (χ0n) is 11.3. The number of aliphatic hydroxyl groups is 2. The van der Waals surface area contributed by atoms with Crippen LogP contribution in [-0.2, 0) is 11.3 Å². The average Bonchev–Trinajstić information content (AvgIpc) is 2.44. The van der Waals surface area contributed by atoms with Crippen molar-refractivity contribution in [3.8, 4) is 12.3 Å². The number of aryl methyl sites for hydroxylation is 1. The minimum Gasteiger partial charge on any atom is -0.396 e. The van der Waals surface area contributed by atoms with Crippen LogP contribution in [0.5, 0.6) is 0 Å². The lowest BCUT2D eigenvalue weighted by molar-refractivity contribution is -0.0315. The summed E-state index contributed by atoms with van der Waals surface area (Å²) in [6.45, 7) is 1.04. The van der Waals surface area contributed by atoms with E-state index in [1.165, 1.54) is 10.8 Å². The van der Waals surface area contributed by atoms with Gasteiger partial charge in [0.25, 0.3) is 5.56 Å². The molecule has 1 aromatic heterocycles. The van der Waals surface area contributed by atoms with Crippen LogP contribution in [0.2, 0.25) is 0 Å². The molecule has 1 heterocycles. The predicted octanol–water partition coefficient (Wildman–Crippen LogP) is -1.16. The molecule has 0 aliphatic rings. The smallest absolute Gasteiger partial charge is 0.333 e. The van der Waals surface area contributed by atoms with E-state index in [0.717, 1.165) is 4.57 Å². The lowest BCUT2D eigenvalue weighted by atomic mass is 10.3. The molecular formula is C13H18N2O5. The van der Waals surface area contributed by atoms with E-state index in [1.54, 1.807) is 6.92 Å². The Hall–Kier alpha value is -1.88. The molecule has 0 radical (unpaired) electrons. The van der Waals surface area contributed by atoms with Crippen molar-refractivity contribution in [2.45, 2.75) is 26.1 Å². The highest BCUT2D eigenvalue weighted by Gasteiger charge is 2.16. The Labute approximate surface area is 116 Å². The van der Waals surface area contributed by atoms with Crippen molar-refractivity contribution >= 4 is 0 Å². The van der Waals surface area contributed by atoms with Crippen LogP contribution in [0, 0.1) is 19.3 Å². The minimum absolute atomic E-state index is 0.0183. The molecule has 0 saturated carbocycles. The molecule has 0 amide bonds. The first kappa shape index (κ1) is 16.2. The first-order chi connectivity index (χ1) is 9.56. The summed E-state index contributed by atoms with van der Waals surface area (Å²) < 4.78 is 7.45. The molecule has 7 heteroatoms. The topological polar surface area (TPSA) is 93.7 Å². The molecule has 1 atom stereocenters. The Balaban J connectivity index is 3.31. The van der Waals surface area contributed by atoms with Gasteiger partial charge in [-0.15, -0.1) is 6.42 Å². The fourth-order valence-corrected chi connectivity index (χ4v) is 1.80. The number of rotatable bonds is 7. The number of hydrogen-bond acceptors (Lipinski definition) is 5. The summed E-state index contributed by atoms with van der Waals surface area (Å²) in [6.07, 6.45) is 5.92. The molecule has 0 bridgehead atoms. The molecule has 20 heavy (non-hydrogen) atoms. The second kappa shape index (κ2) is 7.65. The molecule has 110 valence electrons. The van der Waals surface area contributed by atoms with E-state index in [1.807, 2.05) is 0 Å². The van der Waals surface area contributed by atoms with Crippen LogP contribution in [-0.4, -0.2) is 39.2 Å². The summed E-state index contributed by atoms with van der Waals surface area (Å²) in [4.78, 5) is 24.1. The van der Waals surface area contributed by atoms with Crippen molar-refractivity contribution in [2.24, 2.45) is 0 Å². The van der Waals surface area contributed by atoms with Crippen molar-refractivity contribution in [3.05, 3.63) is 32.6 Å². The lowest BCUT2D eigenvalue weighted by Gasteiger charge is -2.20. The first-order valence-electron chi connectivity index (χ1n) is 6.16. The van der Waals surface area contributed by atoms with Crippen LogP contribution in [0.1, 0.15) is 18.2 Å². The second-order valence-electron chi connectivity index (χ2n) is 4.16. The Kier molecular flexibility index (Phi) is 6.18. The van der Waals surface area contributed by atoms with Crippen LogP contribution in [0.25, 0.3) is 0 Å². The van der Waals surface area contributed by atoms with Gasteiger partial charge in [-0.05, 0) is 6.92 Å². The highest BCUT2D eigenvalue weighted by atomic mass is 16.5. The Bertz CT molecular complexity index is 596. The molecule has 0 aliphatic carbocycles. The summed E-state index contributed by atoms with van der Waals surface area (Å²) in [5.74, 6) is 2.25. The first-order valence-corrected chi connectivity index (χ1v) is 6.16. The molecule has 0 saturated heterocycles. The van der Waals surface area contributed by atoms with E-state index in [9.17, 15) is 9.59 Å². The quantitative estimate of drug-likeness (QED) is 0.615. The molecule has 7 nitrogen and oxygen atoms in total. The summed E-state index contributed by atoms with van der Waals surface area (Å²) in [7, 11) is 0. The molecule has 1 rings (SSSR count). The summed E-state index contributed by atoms with van der Waals surface area (Å²) in [6, 6.07) is 0. The number of aliphatic hydroxyl groups excluding tert-OH is 2. The number of hydrogen-bond donors (Lipinski definition) is 2. The molecular weight excluding hydrogens is 264 g/mol. The Morgan fingerprint density at radius 1 is 1.40 bits per heavy atom. The van der Waals surface area contributed by atoms with Gasteiger partial charge in [0, 0.05) is 24.8 Å². The molecule has 0 aromatic carbocycles. The van der Waals surface area contributed by atoms with Gasteiger partial charge >= 0.3 is 5.69 Å². The zero-order chi connectivity index (χ0) is 15.1. The monoisotopic (exact) mass is 282 g/mol. The predicted molar refractivity (Wildman–Crippen MR) is 72.3 cm³/mol. The van der Waals surface area contributed by atoms with E-state index in [4.69, 9.17) is 21.4 Å². The van der Waals surface area contributed by atoms with Crippen molar-refractivity contribution in [1.82, 2.24) is 9.13 Å². The highest BCUT2D eigenvalue weighted by Crippen LogP contribution is 2.10. The van der Waals surface area contributed by atoms with E-state index < -0.39 is 17.5 Å². The highest BCUT2D eigenvalue weighted by molar-refractivity contribution is 5.04. The van der Waals surface area contributed by atoms with Crippen molar-refractivity contribution in [2.75, 3.05) is 19.8 Å². The zero-order valence-corrected chi connectivity index (χ0v) is 11.3. The van der Waals surface area contributed by atoms with E-state index in [0.29, 0.717) is 5.56 Å². The lowest BCUT2D eigenvalue weighted by Crippen LogP contribution is -2.42. The van der Waals surface area contributed by atoms with Gasteiger partial charge in [-0.1, -0.05) is 5.92 Å². The maximum atomic E-state index is 12.2. The van der Waals surface area contributed by atoms with Gasteiger partial charge in [0.2, 0.25) is 0 Å². The summed E-state index contributed by atoms with van der Waals surface area (Å²) in [5, 5.41) is 17.8. The summed E-state index contributed by atoms with van der Waals surface area (Å²) in [5.41, 5.74) is -0.709. The maximum Gasteiger partial charge on any atom is 0.333 e. The van der Waals surface area contributed by atoms with Gasteiger partial charge < -0.3 is 14.9 Å². The molecule has 1 unspecified atom stereocenters. The molecule has 0 fully saturated rings. The van der Waals surface area contributed by atoms with E-state index >= 15 is 0 Å². The molecule has 0 aliphatic heterocycles. The van der Waals surface area contributed by atoms with Crippen molar-refractivity contribution in [3.63, 3.8) is 0 Å².